The van der Waals surface area contributed by atoms with Gasteiger partial charge in [0.05, 0.1) is 12.6 Å². The number of aryl methyl sites for hydroxylation is 1. The number of aromatic nitrogens is 1. The average molecular weight is 334 g/mol. The Morgan fingerprint density at radius 1 is 1.25 bits per heavy atom. The van der Waals surface area contributed by atoms with Crippen LogP contribution in [-0.2, 0) is 9.53 Å². The van der Waals surface area contributed by atoms with Crippen LogP contribution in [0.5, 0.6) is 0 Å². The van der Waals surface area contributed by atoms with Crippen molar-refractivity contribution in [3.05, 3.63) is 22.5 Å². The lowest BCUT2D eigenvalue weighted by atomic mass is 9.99. The van der Waals surface area contributed by atoms with E-state index < -0.39 is 12.0 Å². The van der Waals surface area contributed by atoms with E-state index in [9.17, 15) is 14.4 Å². The van der Waals surface area contributed by atoms with Gasteiger partial charge in [0, 0.05) is 23.7 Å². The molecule has 1 fully saturated rings. The summed E-state index contributed by atoms with van der Waals surface area (Å²) < 4.78 is 5.02. The molecule has 1 aliphatic rings. The Hall–Kier alpha value is -2.11. The molecule has 1 amide bonds. The van der Waals surface area contributed by atoms with Gasteiger partial charge in [0.25, 0.3) is 0 Å². The maximum atomic E-state index is 13.0. The van der Waals surface area contributed by atoms with Crippen LogP contribution >= 0.6 is 0 Å². The molecule has 0 saturated heterocycles. The Morgan fingerprint density at radius 3 is 2.38 bits per heavy atom. The number of rotatable bonds is 7. The van der Waals surface area contributed by atoms with Crippen LogP contribution in [0.4, 0.5) is 0 Å². The Labute approximate surface area is 142 Å². The average Bonchev–Trinajstić information content (AvgIpc) is 3.32. The zero-order valence-corrected chi connectivity index (χ0v) is 15.1. The second-order valence-electron chi connectivity index (χ2n) is 6.27. The van der Waals surface area contributed by atoms with Gasteiger partial charge >= 0.3 is 5.97 Å². The van der Waals surface area contributed by atoms with Crippen LogP contribution in [0.15, 0.2) is 0 Å². The number of aromatic amines is 1. The van der Waals surface area contributed by atoms with Gasteiger partial charge in [-0.15, -0.1) is 0 Å². The van der Waals surface area contributed by atoms with Crippen LogP contribution in [0, 0.1) is 13.8 Å². The van der Waals surface area contributed by atoms with Crippen molar-refractivity contribution in [3.63, 3.8) is 0 Å². The summed E-state index contributed by atoms with van der Waals surface area (Å²) in [6, 6.07) is -0.367. The molecule has 0 aromatic carbocycles. The molecule has 24 heavy (non-hydrogen) atoms. The van der Waals surface area contributed by atoms with Crippen LogP contribution in [-0.4, -0.2) is 46.2 Å². The molecule has 132 valence electrons. The molecular formula is C18H26N2O4. The number of ketones is 1. The summed E-state index contributed by atoms with van der Waals surface area (Å²) in [5, 5.41) is 0. The van der Waals surface area contributed by atoms with Crippen LogP contribution in [0.25, 0.3) is 0 Å². The zero-order chi connectivity index (χ0) is 18.0. The van der Waals surface area contributed by atoms with Crippen molar-refractivity contribution >= 4 is 17.7 Å². The summed E-state index contributed by atoms with van der Waals surface area (Å²) in [4.78, 5) is 41.9. The summed E-state index contributed by atoms with van der Waals surface area (Å²) in [5.41, 5.74) is 2.01. The smallest absolute Gasteiger partial charge is 0.355 e. The minimum atomic E-state index is -0.534. The van der Waals surface area contributed by atoms with Gasteiger partial charge in [-0.25, -0.2) is 4.79 Å². The lowest BCUT2D eigenvalue weighted by molar-refractivity contribution is -0.132. The van der Waals surface area contributed by atoms with E-state index in [1.807, 2.05) is 0 Å². The minimum absolute atomic E-state index is 0.00481. The molecule has 1 aromatic rings. The highest BCUT2D eigenvalue weighted by Crippen LogP contribution is 2.31. The van der Waals surface area contributed by atoms with Gasteiger partial charge in [0.1, 0.15) is 5.69 Å². The maximum absolute atomic E-state index is 13.0. The lowest BCUT2D eigenvalue weighted by Crippen LogP contribution is -2.44. The normalized spacial score (nSPS) is 15.0. The van der Waals surface area contributed by atoms with E-state index in [4.69, 9.17) is 4.74 Å². The number of ether oxygens (including phenoxy) is 1. The molecule has 6 heteroatoms. The van der Waals surface area contributed by atoms with Crippen molar-refractivity contribution in [2.24, 2.45) is 0 Å². The first kappa shape index (κ1) is 18.2. The minimum Gasteiger partial charge on any atom is -0.461 e. The van der Waals surface area contributed by atoms with E-state index >= 15 is 0 Å². The summed E-state index contributed by atoms with van der Waals surface area (Å²) >= 11 is 0. The van der Waals surface area contributed by atoms with Gasteiger partial charge in [-0.05, 0) is 46.1 Å². The molecule has 2 rings (SSSR count). The predicted molar refractivity (Wildman–Crippen MR) is 90.2 cm³/mol. The number of carbonyl (C=O) groups excluding carboxylic acids is 3. The Morgan fingerprint density at radius 2 is 1.88 bits per heavy atom. The predicted octanol–water partition coefficient (Wildman–Crippen LogP) is 2.78. The molecule has 1 N–H and O–H groups in total. The molecule has 6 nitrogen and oxygen atoms in total. The standard InChI is InChI=1S/C18H26N2O4/c1-6-14(21)20(13-8-9-13)12(5)17(22)15-10(3)16(19-11(15)4)18(23)24-7-2/h12-13,19H,6-9H2,1-5H3. The van der Waals surface area contributed by atoms with Crippen molar-refractivity contribution in [3.8, 4) is 0 Å². The zero-order valence-electron chi connectivity index (χ0n) is 15.1. The fraction of sp³-hybridized carbons (Fsp3) is 0.611. The topological polar surface area (TPSA) is 79.5 Å². The third kappa shape index (κ3) is 3.37. The van der Waals surface area contributed by atoms with Gasteiger partial charge in [-0.1, -0.05) is 6.92 Å². The fourth-order valence-corrected chi connectivity index (χ4v) is 3.13. The van der Waals surface area contributed by atoms with Crippen LogP contribution in [0.1, 0.15) is 72.1 Å². The molecule has 0 radical (unpaired) electrons. The van der Waals surface area contributed by atoms with Gasteiger partial charge < -0.3 is 14.6 Å². The first-order valence-electron chi connectivity index (χ1n) is 8.55. The molecular weight excluding hydrogens is 308 g/mol. The molecule has 1 saturated carbocycles. The van der Waals surface area contributed by atoms with Crippen molar-refractivity contribution in [1.29, 1.82) is 0 Å². The molecule has 0 aliphatic heterocycles. The monoisotopic (exact) mass is 334 g/mol. The number of hydrogen-bond acceptors (Lipinski definition) is 4. The number of Topliss-reactive ketones (excluding diaryl/α,β-unsaturated/α-hetero) is 1. The third-order valence-electron chi connectivity index (χ3n) is 4.49. The van der Waals surface area contributed by atoms with Crippen molar-refractivity contribution in [2.75, 3.05) is 6.61 Å². The van der Waals surface area contributed by atoms with E-state index in [0.717, 1.165) is 12.8 Å². The van der Waals surface area contributed by atoms with E-state index in [0.29, 0.717) is 28.9 Å². The first-order valence-corrected chi connectivity index (χ1v) is 8.55. The number of carbonyl (C=O) groups is 3. The highest BCUT2D eigenvalue weighted by molar-refractivity contribution is 6.06. The van der Waals surface area contributed by atoms with Crippen molar-refractivity contribution < 1.29 is 19.1 Å². The van der Waals surface area contributed by atoms with Crippen molar-refractivity contribution in [1.82, 2.24) is 9.88 Å². The quantitative estimate of drug-likeness (QED) is 0.614. The lowest BCUT2D eigenvalue weighted by Gasteiger charge is -2.28. The van der Waals surface area contributed by atoms with E-state index in [2.05, 4.69) is 4.98 Å². The fourth-order valence-electron chi connectivity index (χ4n) is 3.13. The highest BCUT2D eigenvalue weighted by Gasteiger charge is 2.39. The third-order valence-corrected chi connectivity index (χ3v) is 4.49. The summed E-state index contributed by atoms with van der Waals surface area (Å²) in [6.45, 7) is 9.08. The van der Waals surface area contributed by atoms with E-state index in [1.165, 1.54) is 0 Å². The van der Waals surface area contributed by atoms with E-state index in [-0.39, 0.29) is 24.3 Å². The van der Waals surface area contributed by atoms with E-state index in [1.54, 1.807) is 39.5 Å². The molecule has 1 aliphatic carbocycles. The van der Waals surface area contributed by atoms with Crippen LogP contribution in [0.2, 0.25) is 0 Å². The van der Waals surface area contributed by atoms with Gasteiger partial charge in [0.15, 0.2) is 5.78 Å². The summed E-state index contributed by atoms with van der Waals surface area (Å²) in [6.07, 6.45) is 2.28. The number of nitrogens with zero attached hydrogens (tertiary/aromatic N) is 1. The number of esters is 1. The Kier molecular flexibility index (Phi) is 5.47. The van der Waals surface area contributed by atoms with Gasteiger partial charge in [-0.3, -0.25) is 9.59 Å². The number of hydrogen-bond donors (Lipinski definition) is 1. The Bertz CT molecular complexity index is 658. The highest BCUT2D eigenvalue weighted by atomic mass is 16.5. The second-order valence-corrected chi connectivity index (χ2v) is 6.27. The van der Waals surface area contributed by atoms with Gasteiger partial charge in [-0.2, -0.15) is 0 Å². The molecule has 1 atom stereocenters. The molecule has 0 bridgehead atoms. The van der Waals surface area contributed by atoms with Crippen molar-refractivity contribution in [2.45, 2.75) is 66.0 Å². The second kappa shape index (κ2) is 7.20. The summed E-state index contributed by atoms with van der Waals surface area (Å²) in [5.74, 6) is -0.603. The maximum Gasteiger partial charge on any atom is 0.355 e. The number of nitrogens with one attached hydrogen (secondary N) is 1. The largest absolute Gasteiger partial charge is 0.461 e. The first-order chi connectivity index (χ1) is 11.3. The SMILES string of the molecule is CCOC(=O)c1[nH]c(C)c(C(=O)C(C)N(C(=O)CC)C2CC2)c1C. The molecule has 0 spiro atoms. The number of H-pyrrole nitrogens is 1. The Balaban J connectivity index is 2.31. The molecule has 1 unspecified atom stereocenters. The summed E-state index contributed by atoms with van der Waals surface area (Å²) in [7, 11) is 0. The molecule has 1 heterocycles. The van der Waals surface area contributed by atoms with Crippen LogP contribution in [0.3, 0.4) is 0 Å². The number of amides is 1. The van der Waals surface area contributed by atoms with Gasteiger partial charge in [0.2, 0.25) is 5.91 Å². The molecule has 1 aromatic heterocycles. The van der Waals surface area contributed by atoms with Crippen LogP contribution < -0.4 is 0 Å².